The third-order valence-electron chi connectivity index (χ3n) is 4.43. The van der Waals surface area contributed by atoms with Crippen molar-refractivity contribution in [3.63, 3.8) is 0 Å². The van der Waals surface area contributed by atoms with Crippen LogP contribution in [0.25, 0.3) is 10.9 Å². The van der Waals surface area contributed by atoms with Gasteiger partial charge in [0.2, 0.25) is 5.91 Å². The van der Waals surface area contributed by atoms with Crippen molar-refractivity contribution in [1.82, 2.24) is 10.3 Å². The number of para-hydroxylation sites is 1. The van der Waals surface area contributed by atoms with Crippen molar-refractivity contribution < 1.29 is 9.53 Å². The van der Waals surface area contributed by atoms with E-state index in [1.807, 2.05) is 54.6 Å². The summed E-state index contributed by atoms with van der Waals surface area (Å²) in [7, 11) is 1.65. The summed E-state index contributed by atoms with van der Waals surface area (Å²) in [6.07, 6.45) is 1.79. The van der Waals surface area contributed by atoms with Gasteiger partial charge in [0.1, 0.15) is 5.75 Å². The third-order valence-corrected chi connectivity index (χ3v) is 5.50. The first kappa shape index (κ1) is 19.2. The Morgan fingerprint density at radius 2 is 1.85 bits per heavy atom. The van der Waals surface area contributed by atoms with Crippen molar-refractivity contribution in [2.45, 2.75) is 24.8 Å². The third kappa shape index (κ3) is 4.80. The Kier molecular flexibility index (Phi) is 6.35. The van der Waals surface area contributed by atoms with Crippen LogP contribution < -0.4 is 10.1 Å². The number of carbonyl (C=O) groups is 1. The Labute approximate surface area is 164 Å². The first-order valence-electron chi connectivity index (χ1n) is 8.98. The number of ether oxygens (including phenoxy) is 1. The van der Waals surface area contributed by atoms with Crippen LogP contribution in [0.2, 0.25) is 0 Å². The number of benzene rings is 2. The molecule has 0 aliphatic heterocycles. The van der Waals surface area contributed by atoms with Crippen LogP contribution in [0.1, 0.15) is 25.5 Å². The SMILES string of the molecule is COc1ccc(C(NC(=O)CSc2ccnc3ccccc23)C(C)C)cc1. The zero-order chi connectivity index (χ0) is 19.2. The lowest BCUT2D eigenvalue weighted by Gasteiger charge is -2.23. The largest absolute Gasteiger partial charge is 0.497 e. The highest BCUT2D eigenvalue weighted by Gasteiger charge is 2.18. The smallest absolute Gasteiger partial charge is 0.230 e. The van der Waals surface area contributed by atoms with Gasteiger partial charge < -0.3 is 10.1 Å². The van der Waals surface area contributed by atoms with Crippen molar-refractivity contribution >= 4 is 28.6 Å². The van der Waals surface area contributed by atoms with Gasteiger partial charge in [-0.3, -0.25) is 9.78 Å². The average Bonchev–Trinajstić information content (AvgIpc) is 2.70. The molecular formula is C22H24N2O2S. The molecule has 1 unspecified atom stereocenters. The molecule has 5 heteroatoms. The van der Waals surface area contributed by atoms with E-state index >= 15 is 0 Å². The van der Waals surface area contributed by atoms with Crippen LogP contribution in [0.4, 0.5) is 0 Å². The molecule has 2 aromatic carbocycles. The van der Waals surface area contributed by atoms with E-state index in [2.05, 4.69) is 24.1 Å². The van der Waals surface area contributed by atoms with Gasteiger partial charge in [-0.15, -0.1) is 11.8 Å². The minimum Gasteiger partial charge on any atom is -0.497 e. The number of rotatable bonds is 7. The van der Waals surface area contributed by atoms with Crippen LogP contribution in [0.5, 0.6) is 5.75 Å². The van der Waals surface area contributed by atoms with Gasteiger partial charge in [0.15, 0.2) is 0 Å². The van der Waals surface area contributed by atoms with E-state index in [1.54, 1.807) is 25.1 Å². The number of nitrogens with one attached hydrogen (secondary N) is 1. The minimum atomic E-state index is -0.0295. The predicted molar refractivity (Wildman–Crippen MR) is 111 cm³/mol. The van der Waals surface area contributed by atoms with E-state index in [0.717, 1.165) is 27.1 Å². The molecule has 140 valence electrons. The molecule has 0 aliphatic carbocycles. The number of pyridine rings is 1. The molecule has 0 saturated heterocycles. The van der Waals surface area contributed by atoms with E-state index in [9.17, 15) is 4.79 Å². The van der Waals surface area contributed by atoms with Crippen LogP contribution in [-0.2, 0) is 4.79 Å². The second-order valence-corrected chi connectivity index (χ2v) is 7.69. The Morgan fingerprint density at radius 3 is 2.56 bits per heavy atom. The molecule has 0 aliphatic rings. The maximum absolute atomic E-state index is 12.6. The molecule has 0 bridgehead atoms. The first-order valence-corrected chi connectivity index (χ1v) is 9.97. The second kappa shape index (κ2) is 8.91. The molecule has 1 atom stereocenters. The summed E-state index contributed by atoms with van der Waals surface area (Å²) >= 11 is 1.54. The summed E-state index contributed by atoms with van der Waals surface area (Å²) in [5, 5.41) is 4.25. The quantitative estimate of drug-likeness (QED) is 0.595. The minimum absolute atomic E-state index is 0.0235. The Balaban J connectivity index is 1.67. The van der Waals surface area contributed by atoms with Gasteiger partial charge in [0, 0.05) is 16.5 Å². The number of hydrogen-bond donors (Lipinski definition) is 1. The molecule has 0 fully saturated rings. The van der Waals surface area contributed by atoms with Crippen LogP contribution in [0.3, 0.4) is 0 Å². The molecule has 3 aromatic rings. The number of fused-ring (bicyclic) bond motifs is 1. The highest BCUT2D eigenvalue weighted by molar-refractivity contribution is 8.00. The van der Waals surface area contributed by atoms with E-state index in [4.69, 9.17) is 4.74 Å². The summed E-state index contributed by atoms with van der Waals surface area (Å²) < 4.78 is 5.22. The number of carbonyl (C=O) groups excluding carboxylic acids is 1. The van der Waals surface area contributed by atoms with Gasteiger partial charge in [0.25, 0.3) is 0 Å². The maximum Gasteiger partial charge on any atom is 0.230 e. The highest BCUT2D eigenvalue weighted by Crippen LogP contribution is 2.27. The molecule has 0 saturated carbocycles. The number of hydrogen-bond acceptors (Lipinski definition) is 4. The molecule has 3 rings (SSSR count). The lowest BCUT2D eigenvalue weighted by Crippen LogP contribution is -2.32. The number of methoxy groups -OCH3 is 1. The van der Waals surface area contributed by atoms with Crippen LogP contribution >= 0.6 is 11.8 Å². The fourth-order valence-corrected chi connectivity index (χ4v) is 3.86. The van der Waals surface area contributed by atoms with Crippen molar-refractivity contribution in [3.05, 3.63) is 66.4 Å². The van der Waals surface area contributed by atoms with Crippen LogP contribution in [0.15, 0.2) is 65.7 Å². The van der Waals surface area contributed by atoms with Gasteiger partial charge in [-0.25, -0.2) is 0 Å². The Hall–Kier alpha value is -2.53. The fraction of sp³-hybridized carbons (Fsp3) is 0.273. The van der Waals surface area contributed by atoms with Gasteiger partial charge in [-0.2, -0.15) is 0 Å². The summed E-state index contributed by atoms with van der Waals surface area (Å²) in [6.45, 7) is 4.22. The molecule has 4 nitrogen and oxygen atoms in total. The highest BCUT2D eigenvalue weighted by atomic mass is 32.2. The van der Waals surface area contributed by atoms with Crippen molar-refractivity contribution in [2.24, 2.45) is 5.92 Å². The van der Waals surface area contributed by atoms with E-state index in [0.29, 0.717) is 5.75 Å². The van der Waals surface area contributed by atoms with Gasteiger partial charge in [-0.1, -0.05) is 44.2 Å². The number of thioether (sulfide) groups is 1. The topological polar surface area (TPSA) is 51.2 Å². The lowest BCUT2D eigenvalue weighted by atomic mass is 9.96. The molecular weight excluding hydrogens is 356 g/mol. The molecule has 0 spiro atoms. The normalized spacial score (nSPS) is 12.1. The first-order chi connectivity index (χ1) is 13.1. The molecule has 1 aromatic heterocycles. The van der Waals surface area contributed by atoms with E-state index < -0.39 is 0 Å². The van der Waals surface area contributed by atoms with Crippen LogP contribution in [0, 0.1) is 5.92 Å². The summed E-state index contributed by atoms with van der Waals surface area (Å²) in [5.41, 5.74) is 2.03. The zero-order valence-electron chi connectivity index (χ0n) is 15.8. The van der Waals surface area contributed by atoms with E-state index in [-0.39, 0.29) is 17.9 Å². The fourth-order valence-electron chi connectivity index (χ4n) is 3.00. The number of nitrogens with zero attached hydrogens (tertiary/aromatic N) is 1. The molecule has 1 heterocycles. The van der Waals surface area contributed by atoms with E-state index in [1.165, 1.54) is 0 Å². The van der Waals surface area contributed by atoms with Gasteiger partial charge >= 0.3 is 0 Å². The average molecular weight is 381 g/mol. The predicted octanol–water partition coefficient (Wildman–Crippen LogP) is 4.85. The van der Waals surface area contributed by atoms with Gasteiger partial charge in [0.05, 0.1) is 24.4 Å². The summed E-state index contributed by atoms with van der Waals surface area (Å²) in [5.74, 6) is 1.49. The monoisotopic (exact) mass is 380 g/mol. The number of amides is 1. The molecule has 0 radical (unpaired) electrons. The molecule has 27 heavy (non-hydrogen) atoms. The van der Waals surface area contributed by atoms with Crippen molar-refractivity contribution in [1.29, 1.82) is 0 Å². The lowest BCUT2D eigenvalue weighted by molar-refractivity contribution is -0.119. The number of aromatic nitrogens is 1. The van der Waals surface area contributed by atoms with Crippen molar-refractivity contribution in [3.8, 4) is 5.75 Å². The Morgan fingerprint density at radius 1 is 1.11 bits per heavy atom. The summed E-state index contributed by atoms with van der Waals surface area (Å²) in [4.78, 5) is 18.0. The standard InChI is InChI=1S/C22H24N2O2S/c1-15(2)22(16-8-10-17(26-3)11-9-16)24-21(25)14-27-20-12-13-23-19-7-5-4-6-18(19)20/h4-13,15,22H,14H2,1-3H3,(H,24,25). The second-order valence-electron chi connectivity index (χ2n) is 6.68. The van der Waals surface area contributed by atoms with Gasteiger partial charge in [-0.05, 0) is 35.7 Å². The molecule has 1 amide bonds. The maximum atomic E-state index is 12.6. The van der Waals surface area contributed by atoms with Crippen LogP contribution in [-0.4, -0.2) is 23.8 Å². The molecule has 1 N–H and O–H groups in total. The summed E-state index contributed by atoms with van der Waals surface area (Å²) in [6, 6.07) is 17.8. The zero-order valence-corrected chi connectivity index (χ0v) is 16.6. The Bertz CT molecular complexity index is 904. The van der Waals surface area contributed by atoms with Crippen molar-refractivity contribution in [2.75, 3.05) is 12.9 Å².